The summed E-state index contributed by atoms with van der Waals surface area (Å²) in [4.78, 5) is 35.0. The molecule has 0 amide bonds. The molecule has 0 rings (SSSR count). The van der Waals surface area contributed by atoms with Gasteiger partial charge in [0.25, 0.3) is 0 Å². The maximum Gasteiger partial charge on any atom is 0.472 e. The van der Waals surface area contributed by atoms with Gasteiger partial charge in [0.15, 0.2) is 6.10 Å². The number of nitrogens with two attached hydrogens (primary N) is 1. The van der Waals surface area contributed by atoms with E-state index < -0.39 is 32.5 Å². The molecule has 2 atom stereocenters. The third kappa shape index (κ3) is 49.0. The van der Waals surface area contributed by atoms with Crippen LogP contribution >= 0.6 is 7.82 Å². The molecule has 0 saturated carbocycles. The Kier molecular flexibility index (Phi) is 47.4. The summed E-state index contributed by atoms with van der Waals surface area (Å²) in [6, 6.07) is 0. The number of ether oxygens (including phenoxy) is 2. The lowest BCUT2D eigenvalue weighted by atomic mass is 10.0. The van der Waals surface area contributed by atoms with E-state index in [0.29, 0.717) is 12.8 Å². The maximum atomic E-state index is 12.7. The largest absolute Gasteiger partial charge is 0.472 e. The molecular formula is C53H96NO8P. The average Bonchev–Trinajstić information content (AvgIpc) is 3.27. The Morgan fingerprint density at radius 1 is 0.476 bits per heavy atom. The highest BCUT2D eigenvalue weighted by Crippen LogP contribution is 2.43. The first kappa shape index (κ1) is 60.7. The Hall–Kier alpha value is -2.29. The van der Waals surface area contributed by atoms with Crippen molar-refractivity contribution in [3.8, 4) is 0 Å². The van der Waals surface area contributed by atoms with Crippen molar-refractivity contribution in [2.45, 2.75) is 238 Å². The van der Waals surface area contributed by atoms with Crippen molar-refractivity contribution in [3.63, 3.8) is 0 Å². The molecule has 0 aromatic rings. The summed E-state index contributed by atoms with van der Waals surface area (Å²) in [5.74, 6) is -0.844. The van der Waals surface area contributed by atoms with Gasteiger partial charge in [0.05, 0.1) is 13.2 Å². The molecule has 3 N–H and O–H groups in total. The fourth-order valence-corrected chi connectivity index (χ4v) is 7.79. The predicted molar refractivity (Wildman–Crippen MR) is 266 cm³/mol. The van der Waals surface area contributed by atoms with Gasteiger partial charge in [-0.05, 0) is 83.5 Å². The second-order valence-corrected chi connectivity index (χ2v) is 18.5. The maximum absolute atomic E-state index is 12.7. The first-order valence-corrected chi connectivity index (χ1v) is 27.3. The molecule has 0 aliphatic carbocycles. The third-order valence-corrected chi connectivity index (χ3v) is 11.9. The molecule has 0 aromatic carbocycles. The monoisotopic (exact) mass is 906 g/mol. The van der Waals surface area contributed by atoms with Gasteiger partial charge in [0.1, 0.15) is 6.61 Å². The van der Waals surface area contributed by atoms with E-state index in [1.54, 1.807) is 0 Å². The van der Waals surface area contributed by atoms with E-state index in [0.717, 1.165) is 70.6 Å². The highest BCUT2D eigenvalue weighted by molar-refractivity contribution is 7.47. The van der Waals surface area contributed by atoms with Gasteiger partial charge < -0.3 is 20.1 Å². The topological polar surface area (TPSA) is 134 Å². The molecule has 9 nitrogen and oxygen atoms in total. The molecule has 0 aliphatic rings. The average molecular weight is 906 g/mol. The zero-order valence-electron chi connectivity index (χ0n) is 40.6. The van der Waals surface area contributed by atoms with Gasteiger partial charge in [0, 0.05) is 19.4 Å². The van der Waals surface area contributed by atoms with Crippen LogP contribution < -0.4 is 5.73 Å². The number of phosphoric ester groups is 1. The highest BCUT2D eigenvalue weighted by Gasteiger charge is 2.26. The lowest BCUT2D eigenvalue weighted by molar-refractivity contribution is -0.161. The van der Waals surface area contributed by atoms with Crippen LogP contribution in [0.5, 0.6) is 0 Å². The molecule has 0 saturated heterocycles. The highest BCUT2D eigenvalue weighted by atomic mass is 31.2. The van der Waals surface area contributed by atoms with Crippen molar-refractivity contribution in [2.24, 2.45) is 5.73 Å². The molecule has 10 heteroatoms. The van der Waals surface area contributed by atoms with E-state index in [1.165, 1.54) is 122 Å². The lowest BCUT2D eigenvalue weighted by Crippen LogP contribution is -2.29. The van der Waals surface area contributed by atoms with Crippen molar-refractivity contribution >= 4 is 19.8 Å². The second kappa shape index (κ2) is 49.2. The summed E-state index contributed by atoms with van der Waals surface area (Å²) in [6.07, 6.45) is 59.7. The van der Waals surface area contributed by atoms with Crippen LogP contribution in [0.25, 0.3) is 0 Å². The number of rotatable bonds is 48. The molecule has 0 aromatic heterocycles. The van der Waals surface area contributed by atoms with Gasteiger partial charge in [-0.25, -0.2) is 4.57 Å². The van der Waals surface area contributed by atoms with Crippen LogP contribution in [-0.4, -0.2) is 49.3 Å². The van der Waals surface area contributed by atoms with E-state index in [4.69, 9.17) is 24.3 Å². The number of esters is 2. The van der Waals surface area contributed by atoms with Crippen LogP contribution in [0.3, 0.4) is 0 Å². The molecule has 0 fully saturated rings. The van der Waals surface area contributed by atoms with Crippen molar-refractivity contribution in [1.29, 1.82) is 0 Å². The van der Waals surface area contributed by atoms with Gasteiger partial charge in [-0.1, -0.05) is 197 Å². The number of carbonyl (C=O) groups is 2. The third-order valence-electron chi connectivity index (χ3n) is 10.9. The number of hydrogen-bond donors (Lipinski definition) is 2. The minimum absolute atomic E-state index is 0.0493. The summed E-state index contributed by atoms with van der Waals surface area (Å²) in [6.45, 7) is 3.69. The Balaban J connectivity index is 4.02. The van der Waals surface area contributed by atoms with Gasteiger partial charge >= 0.3 is 19.8 Å². The summed E-state index contributed by atoms with van der Waals surface area (Å²) < 4.78 is 32.9. The Morgan fingerprint density at radius 3 is 1.25 bits per heavy atom. The number of hydrogen-bond acceptors (Lipinski definition) is 8. The van der Waals surface area contributed by atoms with Crippen molar-refractivity contribution < 1.29 is 37.6 Å². The first-order valence-electron chi connectivity index (χ1n) is 25.8. The van der Waals surface area contributed by atoms with E-state index in [9.17, 15) is 19.0 Å². The zero-order chi connectivity index (χ0) is 46.0. The quantitative estimate of drug-likeness (QED) is 0.0265. The van der Waals surface area contributed by atoms with Gasteiger partial charge in [-0.15, -0.1) is 0 Å². The molecule has 0 aliphatic heterocycles. The second-order valence-electron chi connectivity index (χ2n) is 17.0. The van der Waals surface area contributed by atoms with Crippen LogP contribution in [0.15, 0.2) is 60.8 Å². The molecular weight excluding hydrogens is 810 g/mol. The van der Waals surface area contributed by atoms with Crippen LogP contribution in [0.1, 0.15) is 232 Å². The van der Waals surface area contributed by atoms with Crippen molar-refractivity contribution in [2.75, 3.05) is 26.4 Å². The summed E-state index contributed by atoms with van der Waals surface area (Å²) in [5, 5.41) is 0. The van der Waals surface area contributed by atoms with Crippen LogP contribution in [-0.2, 0) is 32.7 Å². The van der Waals surface area contributed by atoms with Crippen LogP contribution in [0, 0.1) is 0 Å². The summed E-state index contributed by atoms with van der Waals surface area (Å²) >= 11 is 0. The Labute approximate surface area is 387 Å². The molecule has 0 radical (unpaired) electrons. The Morgan fingerprint density at radius 2 is 0.825 bits per heavy atom. The SMILES string of the molecule is CCCCC/C=C\C/C=C\CCCCCCCC(=O)OCC(COP(=O)(O)OCCN)OC(=O)CCCCCCCCCCCCCC/C=C\C/C=C\C/C=C\CCCCCCC. The summed E-state index contributed by atoms with van der Waals surface area (Å²) in [5.41, 5.74) is 5.36. The molecule has 366 valence electrons. The molecule has 0 bridgehead atoms. The van der Waals surface area contributed by atoms with E-state index in [2.05, 4.69) is 74.6 Å². The van der Waals surface area contributed by atoms with Crippen LogP contribution in [0.4, 0.5) is 0 Å². The first-order chi connectivity index (χ1) is 30.8. The van der Waals surface area contributed by atoms with Gasteiger partial charge in [0.2, 0.25) is 0 Å². The van der Waals surface area contributed by atoms with E-state index in [1.807, 2.05) is 0 Å². The smallest absolute Gasteiger partial charge is 0.462 e. The molecule has 2 unspecified atom stereocenters. The van der Waals surface area contributed by atoms with E-state index in [-0.39, 0.29) is 32.6 Å². The molecule has 63 heavy (non-hydrogen) atoms. The molecule has 0 heterocycles. The number of allylic oxidation sites excluding steroid dienone is 10. The van der Waals surface area contributed by atoms with Crippen LogP contribution in [0.2, 0.25) is 0 Å². The fraction of sp³-hybridized carbons (Fsp3) is 0.774. The number of unbranched alkanes of at least 4 members (excludes halogenated alkanes) is 25. The molecule has 0 spiro atoms. The predicted octanol–water partition coefficient (Wildman–Crippen LogP) is 15.6. The minimum atomic E-state index is -4.39. The van der Waals surface area contributed by atoms with Gasteiger partial charge in [-0.2, -0.15) is 0 Å². The van der Waals surface area contributed by atoms with Gasteiger partial charge in [-0.3, -0.25) is 18.6 Å². The van der Waals surface area contributed by atoms with E-state index >= 15 is 0 Å². The normalized spacial score (nSPS) is 13.7. The summed E-state index contributed by atoms with van der Waals surface area (Å²) in [7, 11) is -4.39. The minimum Gasteiger partial charge on any atom is -0.462 e. The lowest BCUT2D eigenvalue weighted by Gasteiger charge is -2.19. The fourth-order valence-electron chi connectivity index (χ4n) is 7.03. The van der Waals surface area contributed by atoms with Crippen molar-refractivity contribution in [1.82, 2.24) is 0 Å². The standard InChI is InChI=1S/C53H96NO8P/c1-3-5-7-9-11-13-15-17-19-20-21-22-23-24-25-26-27-28-29-30-32-34-36-38-40-42-44-46-53(56)62-51(50-61-63(57,58)60-48-47-54)49-59-52(55)45-43-41-39-37-35-33-31-18-16-14-12-10-8-6-4-2/h12,14-15,17-18,20-21,23-24,31,51H,3-11,13,16,19,22,25-30,32-50,54H2,1-2H3,(H,57,58)/b14-12-,17-15-,21-20-,24-23-,31-18-. The van der Waals surface area contributed by atoms with Crippen molar-refractivity contribution in [3.05, 3.63) is 60.8 Å². The Bertz CT molecular complexity index is 1220. The number of carbonyl (C=O) groups excluding carboxylic acids is 2. The number of phosphoric acid groups is 1. The zero-order valence-corrected chi connectivity index (χ0v) is 41.4.